The van der Waals surface area contributed by atoms with Crippen LogP contribution >= 0.6 is 0 Å². The van der Waals surface area contributed by atoms with E-state index in [1.54, 1.807) is 6.20 Å². The monoisotopic (exact) mass is 244 g/mol. The van der Waals surface area contributed by atoms with Gasteiger partial charge in [-0.2, -0.15) is 5.26 Å². The van der Waals surface area contributed by atoms with Crippen molar-refractivity contribution in [2.24, 2.45) is 0 Å². The standard InChI is InChI=1S/C17H12N2/c1-12-14(10-18)11-19-16-9-5-8-15(17(12)16)13-6-3-2-4-7-13/h2-9,11H,1H3. The van der Waals surface area contributed by atoms with Crippen molar-refractivity contribution in [1.82, 2.24) is 4.98 Å². The number of hydrogen-bond donors (Lipinski definition) is 0. The van der Waals surface area contributed by atoms with Gasteiger partial charge in [0.15, 0.2) is 0 Å². The van der Waals surface area contributed by atoms with Crippen LogP contribution in [0.1, 0.15) is 11.1 Å². The molecule has 0 atom stereocenters. The van der Waals surface area contributed by atoms with Crippen molar-refractivity contribution in [1.29, 1.82) is 5.26 Å². The molecular weight excluding hydrogens is 232 g/mol. The Labute approximate surface area is 112 Å². The highest BCUT2D eigenvalue weighted by atomic mass is 14.7. The van der Waals surface area contributed by atoms with Crippen molar-refractivity contribution in [2.75, 3.05) is 0 Å². The van der Waals surface area contributed by atoms with Crippen molar-refractivity contribution in [2.45, 2.75) is 6.92 Å². The molecule has 2 aromatic carbocycles. The van der Waals surface area contributed by atoms with Gasteiger partial charge in [0.1, 0.15) is 6.07 Å². The summed E-state index contributed by atoms with van der Waals surface area (Å²) in [4.78, 5) is 4.38. The van der Waals surface area contributed by atoms with Gasteiger partial charge in [0.05, 0.1) is 11.1 Å². The van der Waals surface area contributed by atoms with E-state index < -0.39 is 0 Å². The largest absolute Gasteiger partial charge is 0.255 e. The molecule has 0 spiro atoms. The molecule has 0 aliphatic rings. The van der Waals surface area contributed by atoms with Crippen molar-refractivity contribution in [3.05, 3.63) is 65.9 Å². The van der Waals surface area contributed by atoms with E-state index in [9.17, 15) is 0 Å². The van der Waals surface area contributed by atoms with E-state index in [1.165, 1.54) is 0 Å². The minimum atomic E-state index is 0.635. The Hall–Kier alpha value is -2.66. The highest BCUT2D eigenvalue weighted by Crippen LogP contribution is 2.30. The number of nitriles is 1. The van der Waals surface area contributed by atoms with Gasteiger partial charge < -0.3 is 0 Å². The van der Waals surface area contributed by atoms with E-state index in [1.807, 2.05) is 37.3 Å². The smallest absolute Gasteiger partial charge is 0.101 e. The summed E-state index contributed by atoms with van der Waals surface area (Å²) >= 11 is 0. The second-order valence-corrected chi connectivity index (χ2v) is 4.47. The molecular formula is C17H12N2. The van der Waals surface area contributed by atoms with E-state index in [2.05, 4.69) is 29.3 Å². The third-order valence-corrected chi connectivity index (χ3v) is 3.36. The number of aromatic nitrogens is 1. The Balaban J connectivity index is 2.41. The maximum atomic E-state index is 9.15. The van der Waals surface area contributed by atoms with Crippen LogP contribution in [0.15, 0.2) is 54.7 Å². The van der Waals surface area contributed by atoms with Gasteiger partial charge in [-0.3, -0.25) is 4.98 Å². The van der Waals surface area contributed by atoms with Gasteiger partial charge in [0.2, 0.25) is 0 Å². The number of rotatable bonds is 1. The van der Waals surface area contributed by atoms with Crippen molar-refractivity contribution >= 4 is 10.9 Å². The number of hydrogen-bond acceptors (Lipinski definition) is 2. The first-order valence-electron chi connectivity index (χ1n) is 6.15. The second-order valence-electron chi connectivity index (χ2n) is 4.47. The molecule has 0 aliphatic heterocycles. The van der Waals surface area contributed by atoms with Crippen LogP contribution in [0.4, 0.5) is 0 Å². The average Bonchev–Trinajstić information content (AvgIpc) is 2.48. The molecule has 0 saturated heterocycles. The molecule has 0 N–H and O–H groups in total. The molecule has 1 aromatic heterocycles. The molecule has 0 amide bonds. The van der Waals surface area contributed by atoms with Gasteiger partial charge in [-0.25, -0.2) is 0 Å². The molecule has 0 fully saturated rings. The summed E-state index contributed by atoms with van der Waals surface area (Å²) in [6, 6.07) is 18.5. The van der Waals surface area contributed by atoms with Crippen LogP contribution in [0.2, 0.25) is 0 Å². The first-order chi connectivity index (χ1) is 9.31. The fourth-order valence-electron chi connectivity index (χ4n) is 2.38. The number of nitrogens with zero attached hydrogens (tertiary/aromatic N) is 2. The molecule has 90 valence electrons. The molecule has 0 saturated carbocycles. The minimum absolute atomic E-state index is 0.635. The highest BCUT2D eigenvalue weighted by molar-refractivity contribution is 5.97. The number of pyridine rings is 1. The third-order valence-electron chi connectivity index (χ3n) is 3.36. The zero-order valence-corrected chi connectivity index (χ0v) is 10.6. The summed E-state index contributed by atoms with van der Waals surface area (Å²) in [5, 5.41) is 10.2. The molecule has 0 bridgehead atoms. The summed E-state index contributed by atoms with van der Waals surface area (Å²) in [6.07, 6.45) is 1.65. The lowest BCUT2D eigenvalue weighted by molar-refractivity contribution is 1.32. The predicted molar refractivity (Wildman–Crippen MR) is 76.6 cm³/mol. The molecule has 0 aliphatic carbocycles. The molecule has 0 radical (unpaired) electrons. The maximum absolute atomic E-state index is 9.15. The summed E-state index contributed by atoms with van der Waals surface area (Å²) in [5.74, 6) is 0. The predicted octanol–water partition coefficient (Wildman–Crippen LogP) is 4.08. The molecule has 3 rings (SSSR count). The normalized spacial score (nSPS) is 10.3. The molecule has 1 heterocycles. The quantitative estimate of drug-likeness (QED) is 0.646. The lowest BCUT2D eigenvalue weighted by Crippen LogP contribution is -1.91. The van der Waals surface area contributed by atoms with Crippen LogP contribution < -0.4 is 0 Å². The summed E-state index contributed by atoms with van der Waals surface area (Å²) < 4.78 is 0. The van der Waals surface area contributed by atoms with Crippen LogP contribution in [-0.2, 0) is 0 Å². The molecule has 2 nitrogen and oxygen atoms in total. The molecule has 19 heavy (non-hydrogen) atoms. The maximum Gasteiger partial charge on any atom is 0.101 e. The van der Waals surface area contributed by atoms with Crippen LogP contribution in [0, 0.1) is 18.3 Å². The summed E-state index contributed by atoms with van der Waals surface area (Å²) in [7, 11) is 0. The van der Waals surface area contributed by atoms with Crippen LogP contribution in [0.5, 0.6) is 0 Å². The lowest BCUT2D eigenvalue weighted by atomic mass is 9.96. The van der Waals surface area contributed by atoms with Crippen LogP contribution in [0.3, 0.4) is 0 Å². The van der Waals surface area contributed by atoms with Gasteiger partial charge in [-0.05, 0) is 29.7 Å². The Bertz CT molecular complexity index is 783. The minimum Gasteiger partial charge on any atom is -0.255 e. The summed E-state index contributed by atoms with van der Waals surface area (Å²) in [5.41, 5.74) is 4.83. The van der Waals surface area contributed by atoms with Gasteiger partial charge in [0, 0.05) is 11.6 Å². The number of fused-ring (bicyclic) bond motifs is 1. The molecule has 2 heteroatoms. The zero-order chi connectivity index (χ0) is 13.2. The fraction of sp³-hybridized carbons (Fsp3) is 0.0588. The van der Waals surface area contributed by atoms with E-state index in [4.69, 9.17) is 5.26 Å². The lowest BCUT2D eigenvalue weighted by Gasteiger charge is -2.10. The Morgan fingerprint density at radius 1 is 1.00 bits per heavy atom. The fourth-order valence-corrected chi connectivity index (χ4v) is 2.38. The van der Waals surface area contributed by atoms with Crippen molar-refractivity contribution < 1.29 is 0 Å². The molecule has 0 unspecified atom stereocenters. The van der Waals surface area contributed by atoms with Crippen molar-refractivity contribution in [3.8, 4) is 17.2 Å². The van der Waals surface area contributed by atoms with Gasteiger partial charge >= 0.3 is 0 Å². The summed E-state index contributed by atoms with van der Waals surface area (Å²) in [6.45, 7) is 1.98. The second kappa shape index (κ2) is 4.55. The topological polar surface area (TPSA) is 36.7 Å². The number of aryl methyl sites for hydroxylation is 1. The Kier molecular flexibility index (Phi) is 2.74. The van der Waals surface area contributed by atoms with Crippen LogP contribution in [0.25, 0.3) is 22.0 Å². The first kappa shape index (κ1) is 11.4. The van der Waals surface area contributed by atoms with Gasteiger partial charge in [-0.15, -0.1) is 0 Å². The number of benzene rings is 2. The Morgan fingerprint density at radius 3 is 2.53 bits per heavy atom. The van der Waals surface area contributed by atoms with Gasteiger partial charge in [-0.1, -0.05) is 42.5 Å². The average molecular weight is 244 g/mol. The van der Waals surface area contributed by atoms with E-state index >= 15 is 0 Å². The molecule has 3 aromatic rings. The SMILES string of the molecule is Cc1c(C#N)cnc2cccc(-c3ccccc3)c12. The van der Waals surface area contributed by atoms with E-state index in [-0.39, 0.29) is 0 Å². The highest BCUT2D eigenvalue weighted by Gasteiger charge is 2.09. The third kappa shape index (κ3) is 1.86. The van der Waals surface area contributed by atoms with E-state index in [0.29, 0.717) is 5.56 Å². The van der Waals surface area contributed by atoms with Crippen molar-refractivity contribution in [3.63, 3.8) is 0 Å². The Morgan fingerprint density at radius 2 is 1.79 bits per heavy atom. The first-order valence-corrected chi connectivity index (χ1v) is 6.15. The van der Waals surface area contributed by atoms with Crippen LogP contribution in [-0.4, -0.2) is 4.98 Å². The zero-order valence-electron chi connectivity index (χ0n) is 10.6. The van der Waals surface area contributed by atoms with Gasteiger partial charge in [0.25, 0.3) is 0 Å². The van der Waals surface area contributed by atoms with E-state index in [0.717, 1.165) is 27.6 Å².